The van der Waals surface area contributed by atoms with Crippen LogP contribution >= 0.6 is 0 Å². The van der Waals surface area contributed by atoms with Crippen molar-refractivity contribution < 1.29 is 14.2 Å². The molecule has 2 aromatic rings. The van der Waals surface area contributed by atoms with Crippen LogP contribution < -0.4 is 19.9 Å². The fraction of sp³-hybridized carbons (Fsp3) is 0.333. The van der Waals surface area contributed by atoms with E-state index in [1.54, 1.807) is 6.07 Å². The second kappa shape index (κ2) is 5.44. The van der Waals surface area contributed by atoms with E-state index in [9.17, 15) is 0 Å². The first-order chi connectivity index (χ1) is 10.8. The Labute approximate surface area is 129 Å². The van der Waals surface area contributed by atoms with Crippen molar-refractivity contribution in [3.05, 3.63) is 47.5 Å². The number of nitrogens with two attached hydrogens (primary N) is 1. The van der Waals surface area contributed by atoms with Gasteiger partial charge < -0.3 is 19.9 Å². The normalized spacial score (nSPS) is 19.4. The lowest BCUT2D eigenvalue weighted by Crippen LogP contribution is -2.17. The Morgan fingerprint density at radius 2 is 1.82 bits per heavy atom. The zero-order valence-corrected chi connectivity index (χ0v) is 12.4. The molecule has 0 fully saturated rings. The molecule has 0 amide bonds. The minimum atomic E-state index is 0.0507. The first-order valence-corrected chi connectivity index (χ1v) is 7.75. The fourth-order valence-corrected chi connectivity index (χ4v) is 3.17. The zero-order valence-electron chi connectivity index (χ0n) is 12.4. The van der Waals surface area contributed by atoms with Gasteiger partial charge in [-0.05, 0) is 30.4 Å². The molecule has 0 radical (unpaired) electrons. The molecule has 4 nitrogen and oxygen atoms in total. The van der Waals surface area contributed by atoms with E-state index < -0.39 is 0 Å². The Balaban J connectivity index is 1.64. The molecule has 1 atom stereocenters. The minimum absolute atomic E-state index is 0.0507. The van der Waals surface area contributed by atoms with Gasteiger partial charge in [0.05, 0.1) is 5.69 Å². The molecule has 4 rings (SSSR count). The molecule has 0 bridgehead atoms. The van der Waals surface area contributed by atoms with E-state index in [-0.39, 0.29) is 6.10 Å². The van der Waals surface area contributed by atoms with Crippen LogP contribution in [0.4, 0.5) is 5.69 Å². The number of ether oxygens (including phenoxy) is 3. The summed E-state index contributed by atoms with van der Waals surface area (Å²) in [4.78, 5) is 0. The Hall–Kier alpha value is -2.36. The summed E-state index contributed by atoms with van der Waals surface area (Å²) in [7, 11) is 0. The lowest BCUT2D eigenvalue weighted by molar-refractivity contribution is 0.164. The molecule has 4 heteroatoms. The lowest BCUT2D eigenvalue weighted by Gasteiger charge is -2.27. The van der Waals surface area contributed by atoms with E-state index in [0.717, 1.165) is 19.3 Å². The highest BCUT2D eigenvalue weighted by Gasteiger charge is 2.23. The number of rotatable bonds is 2. The summed E-state index contributed by atoms with van der Waals surface area (Å²) in [6.45, 7) is 1.12. The molecule has 1 unspecified atom stereocenters. The first kappa shape index (κ1) is 13.3. The molecule has 114 valence electrons. The summed E-state index contributed by atoms with van der Waals surface area (Å²) in [5.41, 5.74) is 9.35. The smallest absolute Gasteiger partial charge is 0.165 e. The van der Waals surface area contributed by atoms with Gasteiger partial charge in [0.15, 0.2) is 11.5 Å². The second-order valence-electron chi connectivity index (χ2n) is 5.73. The molecule has 2 aliphatic rings. The van der Waals surface area contributed by atoms with Gasteiger partial charge >= 0.3 is 0 Å². The van der Waals surface area contributed by atoms with Crippen molar-refractivity contribution in [2.24, 2.45) is 0 Å². The highest BCUT2D eigenvalue weighted by molar-refractivity contribution is 5.62. The van der Waals surface area contributed by atoms with Crippen molar-refractivity contribution in [2.45, 2.75) is 25.4 Å². The average Bonchev–Trinajstić information content (AvgIpc) is 2.56. The van der Waals surface area contributed by atoms with E-state index in [1.807, 2.05) is 6.07 Å². The summed E-state index contributed by atoms with van der Waals surface area (Å²) in [5, 5.41) is 0. The van der Waals surface area contributed by atoms with Crippen LogP contribution in [0, 0.1) is 0 Å². The highest BCUT2D eigenvalue weighted by atomic mass is 16.6. The van der Waals surface area contributed by atoms with Crippen molar-refractivity contribution in [1.29, 1.82) is 0 Å². The minimum Gasteiger partial charge on any atom is -0.486 e. The molecule has 2 aromatic carbocycles. The molecule has 2 N–H and O–H groups in total. The third kappa shape index (κ3) is 2.34. The molecular formula is C18H19NO3. The number of anilines is 1. The van der Waals surface area contributed by atoms with Crippen LogP contribution in [-0.4, -0.2) is 13.2 Å². The number of aryl methyl sites for hydroxylation is 1. The standard InChI is InChI=1S/C18H19NO3/c19-14-10-17-18(21-9-8-20-17)11-16(14)22-15-7-3-5-12-4-1-2-6-13(12)15/h1-2,4,6,10-11,15H,3,5,7-9,19H2. The van der Waals surface area contributed by atoms with Crippen LogP contribution in [-0.2, 0) is 6.42 Å². The molecule has 1 aliphatic carbocycles. The first-order valence-electron chi connectivity index (χ1n) is 7.75. The van der Waals surface area contributed by atoms with Gasteiger partial charge in [-0.25, -0.2) is 0 Å². The zero-order chi connectivity index (χ0) is 14.9. The average molecular weight is 297 g/mol. The fourth-order valence-electron chi connectivity index (χ4n) is 3.17. The van der Waals surface area contributed by atoms with Gasteiger partial charge in [-0.2, -0.15) is 0 Å². The van der Waals surface area contributed by atoms with Gasteiger partial charge in [0.25, 0.3) is 0 Å². The third-order valence-corrected chi connectivity index (χ3v) is 4.26. The van der Waals surface area contributed by atoms with Crippen molar-refractivity contribution >= 4 is 5.69 Å². The topological polar surface area (TPSA) is 53.7 Å². The van der Waals surface area contributed by atoms with Crippen LogP contribution in [0.2, 0.25) is 0 Å². The summed E-state index contributed by atoms with van der Waals surface area (Å²) >= 11 is 0. The largest absolute Gasteiger partial charge is 0.486 e. The SMILES string of the molecule is Nc1cc2c(cc1OC1CCCc3ccccc31)OCCO2. The van der Waals surface area contributed by atoms with Crippen LogP contribution in [0.1, 0.15) is 30.1 Å². The van der Waals surface area contributed by atoms with E-state index in [2.05, 4.69) is 24.3 Å². The Morgan fingerprint density at radius 1 is 1.05 bits per heavy atom. The van der Waals surface area contributed by atoms with Crippen LogP contribution in [0.5, 0.6) is 17.2 Å². The lowest BCUT2D eigenvalue weighted by atomic mass is 9.89. The Bertz CT molecular complexity index is 699. The van der Waals surface area contributed by atoms with Gasteiger partial charge in [0.2, 0.25) is 0 Å². The van der Waals surface area contributed by atoms with Crippen LogP contribution in [0.15, 0.2) is 36.4 Å². The van der Waals surface area contributed by atoms with Gasteiger partial charge in [-0.3, -0.25) is 0 Å². The van der Waals surface area contributed by atoms with E-state index in [1.165, 1.54) is 11.1 Å². The van der Waals surface area contributed by atoms with E-state index in [4.69, 9.17) is 19.9 Å². The van der Waals surface area contributed by atoms with Crippen molar-refractivity contribution in [3.63, 3.8) is 0 Å². The quantitative estimate of drug-likeness (QED) is 0.862. The number of benzene rings is 2. The number of fused-ring (bicyclic) bond motifs is 2. The van der Waals surface area contributed by atoms with Gasteiger partial charge in [-0.1, -0.05) is 24.3 Å². The molecule has 0 aromatic heterocycles. The predicted octanol–water partition coefficient (Wildman–Crippen LogP) is 3.50. The maximum atomic E-state index is 6.22. The Morgan fingerprint density at radius 3 is 2.68 bits per heavy atom. The molecule has 0 saturated carbocycles. The summed E-state index contributed by atoms with van der Waals surface area (Å²) in [6.07, 6.45) is 3.30. The molecular weight excluding hydrogens is 278 g/mol. The molecule has 0 saturated heterocycles. The summed E-state index contributed by atoms with van der Waals surface area (Å²) < 4.78 is 17.4. The number of hydrogen-bond donors (Lipinski definition) is 1. The van der Waals surface area contributed by atoms with Crippen LogP contribution in [0.3, 0.4) is 0 Å². The van der Waals surface area contributed by atoms with Crippen molar-refractivity contribution in [1.82, 2.24) is 0 Å². The predicted molar refractivity (Wildman–Crippen MR) is 84.6 cm³/mol. The molecule has 22 heavy (non-hydrogen) atoms. The maximum Gasteiger partial charge on any atom is 0.165 e. The molecule has 1 heterocycles. The van der Waals surface area contributed by atoms with Gasteiger partial charge in [0.1, 0.15) is 25.1 Å². The summed E-state index contributed by atoms with van der Waals surface area (Å²) in [5.74, 6) is 2.07. The third-order valence-electron chi connectivity index (χ3n) is 4.26. The molecule has 1 aliphatic heterocycles. The van der Waals surface area contributed by atoms with E-state index in [0.29, 0.717) is 36.1 Å². The van der Waals surface area contributed by atoms with Gasteiger partial charge in [-0.15, -0.1) is 0 Å². The highest BCUT2D eigenvalue weighted by Crippen LogP contribution is 2.41. The van der Waals surface area contributed by atoms with Crippen LogP contribution in [0.25, 0.3) is 0 Å². The number of nitrogen functional groups attached to an aromatic ring is 1. The van der Waals surface area contributed by atoms with Crippen molar-refractivity contribution in [3.8, 4) is 17.2 Å². The van der Waals surface area contributed by atoms with E-state index >= 15 is 0 Å². The summed E-state index contributed by atoms with van der Waals surface area (Å²) in [6, 6.07) is 12.1. The Kier molecular flexibility index (Phi) is 3.29. The van der Waals surface area contributed by atoms with Crippen molar-refractivity contribution in [2.75, 3.05) is 18.9 Å². The molecule has 0 spiro atoms. The number of hydrogen-bond acceptors (Lipinski definition) is 4. The van der Waals surface area contributed by atoms with Gasteiger partial charge in [0, 0.05) is 12.1 Å². The monoisotopic (exact) mass is 297 g/mol. The maximum absolute atomic E-state index is 6.22. The second-order valence-corrected chi connectivity index (χ2v) is 5.73.